The summed E-state index contributed by atoms with van der Waals surface area (Å²) < 4.78 is 8.74. The zero-order chi connectivity index (χ0) is 17.7. The lowest BCUT2D eigenvalue weighted by atomic mass is 10.2. The van der Waals surface area contributed by atoms with Gasteiger partial charge in [-0.05, 0) is 24.3 Å². The number of rotatable bonds is 2. The smallest absolute Gasteiger partial charge is 0.274 e. The van der Waals surface area contributed by atoms with E-state index in [9.17, 15) is 4.79 Å². The van der Waals surface area contributed by atoms with Crippen molar-refractivity contribution < 1.29 is 9.21 Å². The van der Waals surface area contributed by atoms with Gasteiger partial charge in [-0.1, -0.05) is 11.6 Å². The zero-order valence-electron chi connectivity index (χ0n) is 13.5. The third kappa shape index (κ3) is 2.38. The van der Waals surface area contributed by atoms with Gasteiger partial charge >= 0.3 is 0 Å². The molecule has 1 amide bonds. The normalized spacial score (nSPS) is 14.0. The maximum Gasteiger partial charge on any atom is 0.274 e. The summed E-state index contributed by atoms with van der Waals surface area (Å²) in [6.45, 7) is 1.56. The van der Waals surface area contributed by atoms with Gasteiger partial charge in [0.05, 0.1) is 28.9 Å². The van der Waals surface area contributed by atoms with E-state index in [-0.39, 0.29) is 5.91 Å². The number of nitrogens with zero attached hydrogens (tertiary/aromatic N) is 6. The number of amides is 1. The number of carbonyl (C=O) groups excluding carboxylic acids is 1. The van der Waals surface area contributed by atoms with Gasteiger partial charge in [-0.15, -0.1) is 10.2 Å². The lowest BCUT2D eigenvalue weighted by Crippen LogP contribution is -2.38. The van der Waals surface area contributed by atoms with Crippen LogP contribution >= 0.6 is 11.6 Å². The Kier molecular flexibility index (Phi) is 3.32. The molecule has 9 heteroatoms. The zero-order valence-corrected chi connectivity index (χ0v) is 14.3. The molecule has 5 rings (SSSR count). The number of pyridine rings is 1. The van der Waals surface area contributed by atoms with Crippen LogP contribution in [0.4, 0.5) is 0 Å². The monoisotopic (exact) mass is 368 g/mol. The lowest BCUT2D eigenvalue weighted by Gasteiger charge is -2.27. The van der Waals surface area contributed by atoms with E-state index in [1.54, 1.807) is 40.3 Å². The molecule has 1 aliphatic rings. The standard InChI is InChI=1S/C17H13ClN6O2/c18-12-1-2-13-7-14(21-24(13)8-12)17(25)22-4-5-23-15(9-22)19-20-16(23)11-3-6-26-10-11/h1-3,6-8,10H,4-5,9H2. The van der Waals surface area contributed by atoms with E-state index < -0.39 is 0 Å². The highest BCUT2D eigenvalue weighted by Gasteiger charge is 2.27. The summed E-state index contributed by atoms with van der Waals surface area (Å²) >= 11 is 5.98. The van der Waals surface area contributed by atoms with E-state index in [1.165, 1.54) is 0 Å². The molecule has 5 heterocycles. The second-order valence-corrected chi connectivity index (χ2v) is 6.51. The van der Waals surface area contributed by atoms with Gasteiger partial charge in [0, 0.05) is 19.3 Å². The number of hydrogen-bond donors (Lipinski definition) is 0. The minimum absolute atomic E-state index is 0.135. The second kappa shape index (κ2) is 5.70. The molecule has 26 heavy (non-hydrogen) atoms. The predicted octanol–water partition coefficient (Wildman–Crippen LogP) is 2.50. The fraction of sp³-hybridized carbons (Fsp3) is 0.176. The second-order valence-electron chi connectivity index (χ2n) is 6.08. The van der Waals surface area contributed by atoms with Crippen molar-refractivity contribution in [2.24, 2.45) is 0 Å². The Labute approximate surface area is 152 Å². The van der Waals surface area contributed by atoms with Gasteiger partial charge < -0.3 is 13.9 Å². The number of fused-ring (bicyclic) bond motifs is 2. The van der Waals surface area contributed by atoms with Crippen molar-refractivity contribution in [3.05, 3.63) is 59.5 Å². The Morgan fingerprint density at radius 1 is 1.19 bits per heavy atom. The van der Waals surface area contributed by atoms with Crippen molar-refractivity contribution in [1.29, 1.82) is 0 Å². The first kappa shape index (κ1) is 15.2. The summed E-state index contributed by atoms with van der Waals surface area (Å²) in [5.41, 5.74) is 2.08. The average molecular weight is 369 g/mol. The molecule has 0 bridgehead atoms. The average Bonchev–Trinajstić information content (AvgIpc) is 3.38. The largest absolute Gasteiger partial charge is 0.472 e. The number of carbonyl (C=O) groups is 1. The number of hydrogen-bond acceptors (Lipinski definition) is 5. The molecule has 0 saturated heterocycles. The van der Waals surface area contributed by atoms with Gasteiger partial charge in [-0.2, -0.15) is 5.10 Å². The Balaban J connectivity index is 1.42. The Morgan fingerprint density at radius 2 is 2.12 bits per heavy atom. The summed E-state index contributed by atoms with van der Waals surface area (Å²) in [5.74, 6) is 1.36. The Hall–Kier alpha value is -3.13. The van der Waals surface area contributed by atoms with Crippen LogP contribution in [0.1, 0.15) is 16.3 Å². The molecule has 0 fully saturated rings. The van der Waals surface area contributed by atoms with Crippen LogP contribution in [0.2, 0.25) is 5.02 Å². The third-order valence-electron chi connectivity index (χ3n) is 4.46. The van der Waals surface area contributed by atoms with E-state index >= 15 is 0 Å². The first-order valence-electron chi connectivity index (χ1n) is 8.08. The molecule has 0 atom stereocenters. The molecule has 0 spiro atoms. The molecule has 1 aliphatic heterocycles. The molecular weight excluding hydrogens is 356 g/mol. The topological polar surface area (TPSA) is 81.5 Å². The summed E-state index contributed by atoms with van der Waals surface area (Å²) in [7, 11) is 0. The minimum atomic E-state index is -0.135. The lowest BCUT2D eigenvalue weighted by molar-refractivity contribution is 0.0701. The molecule has 0 radical (unpaired) electrons. The number of halogens is 1. The Morgan fingerprint density at radius 3 is 2.96 bits per heavy atom. The van der Waals surface area contributed by atoms with Crippen LogP contribution in [0.15, 0.2) is 47.4 Å². The van der Waals surface area contributed by atoms with Gasteiger partial charge in [-0.25, -0.2) is 4.52 Å². The highest BCUT2D eigenvalue weighted by Crippen LogP contribution is 2.23. The summed E-state index contributed by atoms with van der Waals surface area (Å²) in [5, 5.41) is 13.4. The molecule has 0 aliphatic carbocycles. The molecule has 0 aromatic carbocycles. The highest BCUT2D eigenvalue weighted by molar-refractivity contribution is 6.30. The fourth-order valence-corrected chi connectivity index (χ4v) is 3.32. The quantitative estimate of drug-likeness (QED) is 0.543. The SMILES string of the molecule is O=C(c1cc2ccc(Cl)cn2n1)N1CCn2c(nnc2-c2ccoc2)C1. The Bertz CT molecular complexity index is 1110. The molecule has 8 nitrogen and oxygen atoms in total. The van der Waals surface area contributed by atoms with Crippen molar-refractivity contribution in [2.45, 2.75) is 13.1 Å². The molecule has 4 aromatic rings. The maximum atomic E-state index is 12.8. The predicted molar refractivity (Wildman–Crippen MR) is 92.7 cm³/mol. The summed E-state index contributed by atoms with van der Waals surface area (Å²) in [6.07, 6.45) is 4.92. The molecule has 0 N–H and O–H groups in total. The number of aromatic nitrogens is 5. The van der Waals surface area contributed by atoms with Gasteiger partial charge in [0.15, 0.2) is 17.3 Å². The maximum absolute atomic E-state index is 12.8. The van der Waals surface area contributed by atoms with E-state index in [0.717, 1.165) is 22.7 Å². The molecule has 0 unspecified atom stereocenters. The van der Waals surface area contributed by atoms with Gasteiger partial charge in [0.1, 0.15) is 6.26 Å². The molecule has 130 valence electrons. The van der Waals surface area contributed by atoms with Crippen LogP contribution < -0.4 is 0 Å². The van der Waals surface area contributed by atoms with Crippen molar-refractivity contribution in [3.8, 4) is 11.4 Å². The van der Waals surface area contributed by atoms with E-state index in [4.69, 9.17) is 16.0 Å². The van der Waals surface area contributed by atoms with Gasteiger partial charge in [-0.3, -0.25) is 4.79 Å². The summed E-state index contributed by atoms with van der Waals surface area (Å²) in [4.78, 5) is 14.6. The first-order chi connectivity index (χ1) is 12.7. The number of furan rings is 1. The van der Waals surface area contributed by atoms with Gasteiger partial charge in [0.2, 0.25) is 0 Å². The van der Waals surface area contributed by atoms with Gasteiger partial charge in [0.25, 0.3) is 5.91 Å². The van der Waals surface area contributed by atoms with E-state index in [2.05, 4.69) is 15.3 Å². The molecular formula is C17H13ClN6O2. The van der Waals surface area contributed by atoms with Crippen LogP contribution in [-0.2, 0) is 13.1 Å². The van der Waals surface area contributed by atoms with Crippen molar-refractivity contribution >= 4 is 23.0 Å². The summed E-state index contributed by atoms with van der Waals surface area (Å²) in [6, 6.07) is 7.20. The highest BCUT2D eigenvalue weighted by atomic mass is 35.5. The fourth-order valence-electron chi connectivity index (χ4n) is 3.16. The molecule has 4 aromatic heterocycles. The van der Waals surface area contributed by atoms with Crippen LogP contribution in [-0.4, -0.2) is 41.7 Å². The van der Waals surface area contributed by atoms with Crippen LogP contribution in [0.25, 0.3) is 16.9 Å². The van der Waals surface area contributed by atoms with E-state index in [0.29, 0.717) is 30.4 Å². The third-order valence-corrected chi connectivity index (χ3v) is 4.69. The first-order valence-corrected chi connectivity index (χ1v) is 8.46. The van der Waals surface area contributed by atoms with Crippen LogP contribution in [0.3, 0.4) is 0 Å². The van der Waals surface area contributed by atoms with Crippen molar-refractivity contribution in [3.63, 3.8) is 0 Å². The van der Waals surface area contributed by atoms with Crippen LogP contribution in [0.5, 0.6) is 0 Å². The van der Waals surface area contributed by atoms with E-state index in [1.807, 2.05) is 16.7 Å². The molecule has 0 saturated carbocycles. The van der Waals surface area contributed by atoms with Crippen LogP contribution in [0, 0.1) is 0 Å². The minimum Gasteiger partial charge on any atom is -0.472 e. The van der Waals surface area contributed by atoms with Crippen molar-refractivity contribution in [1.82, 2.24) is 29.3 Å². The van der Waals surface area contributed by atoms with Crippen molar-refractivity contribution in [2.75, 3.05) is 6.54 Å².